The molecule has 0 unspecified atom stereocenters. The standard InChI is InChI=1S/C15H25N3O2S/c1-12-11-14(3-4-15(12)16)21(19,20)17-8-5-13-6-9-18(2)10-7-13/h3-4,11,13,17H,5-10,16H2,1-2H3. The van der Waals surface area contributed by atoms with Gasteiger partial charge in [0.2, 0.25) is 10.0 Å². The van der Waals surface area contributed by atoms with Crippen LogP contribution in [-0.2, 0) is 10.0 Å². The fourth-order valence-corrected chi connectivity index (χ4v) is 3.78. The van der Waals surface area contributed by atoms with Crippen LogP contribution >= 0.6 is 0 Å². The molecule has 1 aliphatic heterocycles. The number of nitrogens with two attached hydrogens (primary N) is 1. The van der Waals surface area contributed by atoms with E-state index in [4.69, 9.17) is 5.73 Å². The van der Waals surface area contributed by atoms with Crippen LogP contribution in [-0.4, -0.2) is 40.0 Å². The van der Waals surface area contributed by atoms with Crippen LogP contribution in [0.15, 0.2) is 23.1 Å². The van der Waals surface area contributed by atoms with Crippen LogP contribution in [0, 0.1) is 12.8 Å². The number of benzene rings is 1. The second-order valence-corrected chi connectivity index (χ2v) is 7.72. The molecule has 1 saturated heterocycles. The molecule has 1 heterocycles. The third kappa shape index (κ3) is 4.43. The number of aryl methyl sites for hydroxylation is 1. The molecule has 0 amide bonds. The van der Waals surface area contributed by atoms with Gasteiger partial charge >= 0.3 is 0 Å². The monoisotopic (exact) mass is 311 g/mol. The molecule has 6 heteroatoms. The van der Waals surface area contributed by atoms with Crippen molar-refractivity contribution in [3.8, 4) is 0 Å². The van der Waals surface area contributed by atoms with Crippen molar-refractivity contribution in [3.63, 3.8) is 0 Å². The molecule has 0 spiro atoms. The molecule has 0 bridgehead atoms. The Hall–Kier alpha value is -1.11. The van der Waals surface area contributed by atoms with Crippen LogP contribution < -0.4 is 10.5 Å². The molecule has 118 valence electrons. The number of piperidine rings is 1. The zero-order valence-corrected chi connectivity index (χ0v) is 13.6. The van der Waals surface area contributed by atoms with Crippen molar-refractivity contribution in [2.24, 2.45) is 5.92 Å². The number of likely N-dealkylation sites (tertiary alicyclic amines) is 1. The minimum absolute atomic E-state index is 0.289. The van der Waals surface area contributed by atoms with E-state index < -0.39 is 10.0 Å². The van der Waals surface area contributed by atoms with Gasteiger partial charge in [-0.1, -0.05) is 0 Å². The lowest BCUT2D eigenvalue weighted by molar-refractivity contribution is 0.213. The molecular weight excluding hydrogens is 286 g/mol. The third-order valence-corrected chi connectivity index (χ3v) is 5.69. The lowest BCUT2D eigenvalue weighted by Crippen LogP contribution is -2.32. The fourth-order valence-electron chi connectivity index (χ4n) is 2.65. The van der Waals surface area contributed by atoms with Gasteiger partial charge in [-0.15, -0.1) is 0 Å². The second kappa shape index (κ2) is 6.77. The van der Waals surface area contributed by atoms with Crippen LogP contribution in [0.1, 0.15) is 24.8 Å². The summed E-state index contributed by atoms with van der Waals surface area (Å²) in [7, 11) is -1.30. The predicted octanol–water partition coefficient (Wildman–Crippen LogP) is 1.59. The minimum Gasteiger partial charge on any atom is -0.399 e. The molecule has 0 aliphatic carbocycles. The maximum Gasteiger partial charge on any atom is 0.240 e. The molecule has 0 saturated carbocycles. The molecule has 0 aromatic heterocycles. The molecular formula is C15H25N3O2S. The Bertz CT molecular complexity index is 579. The summed E-state index contributed by atoms with van der Waals surface area (Å²) >= 11 is 0. The largest absolute Gasteiger partial charge is 0.399 e. The number of anilines is 1. The zero-order valence-electron chi connectivity index (χ0n) is 12.8. The minimum atomic E-state index is -3.43. The molecule has 21 heavy (non-hydrogen) atoms. The number of nitrogens with zero attached hydrogens (tertiary/aromatic N) is 1. The highest BCUT2D eigenvalue weighted by Gasteiger charge is 2.18. The Morgan fingerprint density at radius 1 is 1.33 bits per heavy atom. The number of sulfonamides is 1. The first-order chi connectivity index (χ1) is 9.88. The Morgan fingerprint density at radius 3 is 2.62 bits per heavy atom. The molecule has 1 aromatic rings. The van der Waals surface area contributed by atoms with Crippen LogP contribution in [0.25, 0.3) is 0 Å². The second-order valence-electron chi connectivity index (χ2n) is 5.95. The van der Waals surface area contributed by atoms with Crippen molar-refractivity contribution >= 4 is 15.7 Å². The van der Waals surface area contributed by atoms with Crippen LogP contribution in [0.5, 0.6) is 0 Å². The molecule has 0 atom stereocenters. The summed E-state index contributed by atoms with van der Waals surface area (Å²) in [6.45, 7) is 4.52. The van der Waals surface area contributed by atoms with E-state index in [0.29, 0.717) is 18.2 Å². The van der Waals surface area contributed by atoms with E-state index >= 15 is 0 Å². The Kier molecular flexibility index (Phi) is 5.24. The third-order valence-electron chi connectivity index (χ3n) is 4.23. The van der Waals surface area contributed by atoms with Crippen LogP contribution in [0.3, 0.4) is 0 Å². The number of nitrogens with one attached hydrogen (secondary N) is 1. The van der Waals surface area contributed by atoms with E-state index in [0.717, 1.165) is 37.9 Å². The quantitative estimate of drug-likeness (QED) is 0.810. The van der Waals surface area contributed by atoms with E-state index in [1.165, 1.54) is 0 Å². The molecule has 1 aliphatic rings. The Balaban J connectivity index is 1.88. The molecule has 5 nitrogen and oxygen atoms in total. The normalized spacial score (nSPS) is 18.0. The SMILES string of the molecule is Cc1cc(S(=O)(=O)NCCC2CCN(C)CC2)ccc1N. The number of rotatable bonds is 5. The lowest BCUT2D eigenvalue weighted by atomic mass is 9.94. The summed E-state index contributed by atoms with van der Waals surface area (Å²) in [6, 6.07) is 4.81. The van der Waals surface area contributed by atoms with Gasteiger partial charge in [0, 0.05) is 12.2 Å². The fraction of sp³-hybridized carbons (Fsp3) is 0.600. The molecule has 2 rings (SSSR count). The summed E-state index contributed by atoms with van der Waals surface area (Å²) in [5.41, 5.74) is 7.12. The summed E-state index contributed by atoms with van der Waals surface area (Å²) in [4.78, 5) is 2.61. The van der Waals surface area contributed by atoms with Gasteiger partial charge < -0.3 is 10.6 Å². The Labute approximate surface area is 127 Å². The highest BCUT2D eigenvalue weighted by molar-refractivity contribution is 7.89. The highest BCUT2D eigenvalue weighted by atomic mass is 32.2. The first-order valence-electron chi connectivity index (χ1n) is 7.43. The van der Waals surface area contributed by atoms with Crippen molar-refractivity contribution in [1.29, 1.82) is 0 Å². The summed E-state index contributed by atoms with van der Waals surface area (Å²) < 4.78 is 27.2. The summed E-state index contributed by atoms with van der Waals surface area (Å²) in [5.74, 6) is 0.622. The van der Waals surface area contributed by atoms with Gasteiger partial charge in [-0.3, -0.25) is 0 Å². The van der Waals surface area contributed by atoms with E-state index in [9.17, 15) is 8.42 Å². The molecule has 1 aromatic carbocycles. The van der Waals surface area contributed by atoms with Crippen molar-refractivity contribution < 1.29 is 8.42 Å². The number of hydrogen-bond donors (Lipinski definition) is 2. The summed E-state index contributed by atoms with van der Waals surface area (Å²) in [5, 5.41) is 0. The average Bonchev–Trinajstić information content (AvgIpc) is 2.44. The van der Waals surface area contributed by atoms with Crippen molar-refractivity contribution in [2.45, 2.75) is 31.1 Å². The van der Waals surface area contributed by atoms with Gasteiger partial charge in [-0.05, 0) is 76.0 Å². The van der Waals surface area contributed by atoms with E-state index in [1.807, 2.05) is 6.92 Å². The first kappa shape index (κ1) is 16.3. The van der Waals surface area contributed by atoms with Crippen molar-refractivity contribution in [2.75, 3.05) is 32.4 Å². The van der Waals surface area contributed by atoms with Crippen LogP contribution in [0.2, 0.25) is 0 Å². The van der Waals surface area contributed by atoms with Crippen LogP contribution in [0.4, 0.5) is 5.69 Å². The van der Waals surface area contributed by atoms with Gasteiger partial charge in [-0.2, -0.15) is 0 Å². The maximum atomic E-state index is 12.2. The van der Waals surface area contributed by atoms with Gasteiger partial charge in [0.05, 0.1) is 4.90 Å². The predicted molar refractivity (Wildman–Crippen MR) is 85.6 cm³/mol. The molecule has 3 N–H and O–H groups in total. The number of hydrogen-bond acceptors (Lipinski definition) is 4. The first-order valence-corrected chi connectivity index (χ1v) is 8.91. The topological polar surface area (TPSA) is 75.4 Å². The van der Waals surface area contributed by atoms with Gasteiger partial charge in [0.15, 0.2) is 0 Å². The van der Waals surface area contributed by atoms with Gasteiger partial charge in [0.1, 0.15) is 0 Å². The highest BCUT2D eigenvalue weighted by Crippen LogP contribution is 2.20. The van der Waals surface area contributed by atoms with E-state index in [1.54, 1.807) is 18.2 Å². The van der Waals surface area contributed by atoms with Gasteiger partial charge in [-0.25, -0.2) is 13.1 Å². The van der Waals surface area contributed by atoms with E-state index in [2.05, 4.69) is 16.7 Å². The molecule has 1 fully saturated rings. The summed E-state index contributed by atoms with van der Waals surface area (Å²) in [6.07, 6.45) is 3.21. The Morgan fingerprint density at radius 2 is 2.00 bits per heavy atom. The maximum absolute atomic E-state index is 12.2. The number of nitrogen functional groups attached to an aromatic ring is 1. The van der Waals surface area contributed by atoms with E-state index in [-0.39, 0.29) is 4.90 Å². The smallest absolute Gasteiger partial charge is 0.240 e. The van der Waals surface area contributed by atoms with Crippen molar-refractivity contribution in [1.82, 2.24) is 9.62 Å². The van der Waals surface area contributed by atoms with Crippen molar-refractivity contribution in [3.05, 3.63) is 23.8 Å². The lowest BCUT2D eigenvalue weighted by Gasteiger charge is -2.28. The average molecular weight is 311 g/mol. The van der Waals surface area contributed by atoms with Gasteiger partial charge in [0.25, 0.3) is 0 Å². The zero-order chi connectivity index (χ0) is 15.5. The molecule has 0 radical (unpaired) electrons.